The zero-order valence-electron chi connectivity index (χ0n) is 15.0. The fraction of sp³-hybridized carbons (Fsp3) is 0.286. The number of hydrogen-bond acceptors (Lipinski definition) is 4. The number of fused-ring (bicyclic) bond motifs is 1. The Hall–Kier alpha value is -2.95. The highest BCUT2D eigenvalue weighted by molar-refractivity contribution is 6.21. The first-order valence-corrected chi connectivity index (χ1v) is 8.68. The van der Waals surface area contributed by atoms with Gasteiger partial charge in [-0.15, -0.1) is 0 Å². The lowest BCUT2D eigenvalue weighted by atomic mass is 10.1. The van der Waals surface area contributed by atoms with Crippen molar-refractivity contribution in [3.8, 4) is 0 Å². The smallest absolute Gasteiger partial charge is 0.338 e. The van der Waals surface area contributed by atoms with Crippen LogP contribution in [0.1, 0.15) is 55.0 Å². The Labute approximate surface area is 152 Å². The molecule has 2 amide bonds. The van der Waals surface area contributed by atoms with E-state index >= 15 is 0 Å². The Morgan fingerprint density at radius 1 is 0.923 bits per heavy atom. The van der Waals surface area contributed by atoms with Gasteiger partial charge >= 0.3 is 5.97 Å². The maximum absolute atomic E-state index is 12.2. The highest BCUT2D eigenvalue weighted by Gasteiger charge is 2.34. The average molecular weight is 351 g/mol. The number of carbonyl (C=O) groups is 3. The SMILES string of the molecule is Cc1cc(C)cc(C(=O)OCCCCN2C(=O)c3ccccc3C2=O)c1. The lowest BCUT2D eigenvalue weighted by Crippen LogP contribution is -2.30. The molecule has 0 N–H and O–H groups in total. The zero-order chi connectivity index (χ0) is 18.7. The average Bonchev–Trinajstić information content (AvgIpc) is 2.85. The van der Waals surface area contributed by atoms with Gasteiger partial charge in [0, 0.05) is 6.54 Å². The summed E-state index contributed by atoms with van der Waals surface area (Å²) in [5, 5.41) is 0. The number of aryl methyl sites for hydroxylation is 2. The Kier molecular flexibility index (Phi) is 5.16. The Balaban J connectivity index is 1.46. The van der Waals surface area contributed by atoms with E-state index in [0.717, 1.165) is 11.1 Å². The van der Waals surface area contributed by atoms with Crippen molar-refractivity contribution in [2.24, 2.45) is 0 Å². The van der Waals surface area contributed by atoms with Gasteiger partial charge in [0.05, 0.1) is 23.3 Å². The molecule has 26 heavy (non-hydrogen) atoms. The second kappa shape index (κ2) is 7.52. The van der Waals surface area contributed by atoms with Crippen LogP contribution in [0.3, 0.4) is 0 Å². The fourth-order valence-electron chi connectivity index (χ4n) is 3.15. The number of amides is 2. The second-order valence-corrected chi connectivity index (χ2v) is 6.53. The number of ether oxygens (including phenoxy) is 1. The van der Waals surface area contributed by atoms with Crippen molar-refractivity contribution >= 4 is 17.8 Å². The van der Waals surface area contributed by atoms with Crippen LogP contribution in [0.4, 0.5) is 0 Å². The molecule has 0 atom stereocenters. The summed E-state index contributed by atoms with van der Waals surface area (Å²) in [7, 11) is 0. The molecule has 2 aromatic carbocycles. The molecule has 5 nitrogen and oxygen atoms in total. The molecule has 0 saturated heterocycles. The van der Waals surface area contributed by atoms with Gasteiger partial charge in [0.2, 0.25) is 0 Å². The van der Waals surface area contributed by atoms with E-state index in [0.29, 0.717) is 36.1 Å². The van der Waals surface area contributed by atoms with Crippen LogP contribution in [0.25, 0.3) is 0 Å². The minimum absolute atomic E-state index is 0.252. The van der Waals surface area contributed by atoms with Gasteiger partial charge < -0.3 is 4.74 Å². The summed E-state index contributed by atoms with van der Waals surface area (Å²) in [6, 6.07) is 12.4. The third-order valence-corrected chi connectivity index (χ3v) is 4.34. The maximum Gasteiger partial charge on any atom is 0.338 e. The van der Waals surface area contributed by atoms with E-state index < -0.39 is 0 Å². The van der Waals surface area contributed by atoms with Crippen molar-refractivity contribution in [3.63, 3.8) is 0 Å². The van der Waals surface area contributed by atoms with E-state index in [-0.39, 0.29) is 24.4 Å². The fourth-order valence-corrected chi connectivity index (χ4v) is 3.15. The number of nitrogens with zero attached hydrogens (tertiary/aromatic N) is 1. The number of rotatable bonds is 6. The zero-order valence-corrected chi connectivity index (χ0v) is 15.0. The maximum atomic E-state index is 12.2. The molecule has 3 rings (SSSR count). The number of carbonyl (C=O) groups excluding carboxylic acids is 3. The molecular formula is C21H21NO4. The van der Waals surface area contributed by atoms with Gasteiger partial charge in [-0.25, -0.2) is 4.79 Å². The summed E-state index contributed by atoms with van der Waals surface area (Å²) in [6.07, 6.45) is 1.18. The van der Waals surface area contributed by atoms with Crippen LogP contribution in [0.2, 0.25) is 0 Å². The number of unbranched alkanes of at least 4 members (excludes halogenated alkanes) is 1. The second-order valence-electron chi connectivity index (χ2n) is 6.53. The molecule has 0 spiro atoms. The Morgan fingerprint density at radius 2 is 1.50 bits per heavy atom. The molecular weight excluding hydrogens is 330 g/mol. The third kappa shape index (κ3) is 3.67. The van der Waals surface area contributed by atoms with E-state index in [1.807, 2.05) is 19.9 Å². The summed E-state index contributed by atoms with van der Waals surface area (Å²) in [5.74, 6) is -0.854. The highest BCUT2D eigenvalue weighted by Crippen LogP contribution is 2.22. The van der Waals surface area contributed by atoms with Gasteiger partial charge in [-0.05, 0) is 51.0 Å². The lowest BCUT2D eigenvalue weighted by Gasteiger charge is -2.13. The number of benzene rings is 2. The molecule has 0 radical (unpaired) electrons. The quantitative estimate of drug-likeness (QED) is 0.454. The number of imide groups is 1. The third-order valence-electron chi connectivity index (χ3n) is 4.34. The van der Waals surface area contributed by atoms with Crippen LogP contribution in [-0.2, 0) is 4.74 Å². The molecule has 1 heterocycles. The van der Waals surface area contributed by atoms with Gasteiger partial charge in [0.15, 0.2) is 0 Å². The largest absolute Gasteiger partial charge is 0.462 e. The molecule has 0 bridgehead atoms. The van der Waals surface area contributed by atoms with Crippen LogP contribution >= 0.6 is 0 Å². The van der Waals surface area contributed by atoms with Crippen molar-refractivity contribution in [1.29, 1.82) is 0 Å². The molecule has 0 saturated carbocycles. The minimum Gasteiger partial charge on any atom is -0.462 e. The summed E-state index contributed by atoms with van der Waals surface area (Å²) in [4.78, 5) is 37.8. The predicted octanol–water partition coefficient (Wildman–Crippen LogP) is 3.54. The molecule has 1 aliphatic heterocycles. The molecule has 2 aromatic rings. The van der Waals surface area contributed by atoms with Crippen molar-refractivity contribution in [1.82, 2.24) is 4.90 Å². The van der Waals surface area contributed by atoms with Crippen molar-refractivity contribution in [2.45, 2.75) is 26.7 Å². The van der Waals surface area contributed by atoms with Crippen molar-refractivity contribution in [3.05, 3.63) is 70.3 Å². The van der Waals surface area contributed by atoms with Crippen LogP contribution in [-0.4, -0.2) is 35.8 Å². The van der Waals surface area contributed by atoms with E-state index in [9.17, 15) is 14.4 Å². The van der Waals surface area contributed by atoms with E-state index in [4.69, 9.17) is 4.74 Å². The molecule has 0 aromatic heterocycles. The van der Waals surface area contributed by atoms with Gasteiger partial charge in [0.25, 0.3) is 11.8 Å². The summed E-state index contributed by atoms with van der Waals surface area (Å²) >= 11 is 0. The number of hydrogen-bond donors (Lipinski definition) is 0. The molecule has 1 aliphatic rings. The molecule has 0 unspecified atom stereocenters. The first-order chi connectivity index (χ1) is 12.5. The van der Waals surface area contributed by atoms with Gasteiger partial charge in [-0.3, -0.25) is 14.5 Å². The van der Waals surface area contributed by atoms with Crippen molar-refractivity contribution in [2.75, 3.05) is 13.2 Å². The van der Waals surface area contributed by atoms with Crippen LogP contribution in [0.5, 0.6) is 0 Å². The standard InChI is InChI=1S/C21H21NO4/c1-14-11-15(2)13-16(12-14)21(25)26-10-6-5-9-22-19(23)17-7-3-4-8-18(17)20(22)24/h3-4,7-8,11-13H,5-6,9-10H2,1-2H3. The van der Waals surface area contributed by atoms with E-state index in [2.05, 4.69) is 0 Å². The topological polar surface area (TPSA) is 63.7 Å². The van der Waals surface area contributed by atoms with E-state index in [1.165, 1.54) is 4.90 Å². The lowest BCUT2D eigenvalue weighted by molar-refractivity contribution is 0.0485. The van der Waals surface area contributed by atoms with Gasteiger partial charge in [-0.1, -0.05) is 29.3 Å². The van der Waals surface area contributed by atoms with Crippen LogP contribution < -0.4 is 0 Å². The van der Waals surface area contributed by atoms with Crippen LogP contribution in [0, 0.1) is 13.8 Å². The number of esters is 1. The Morgan fingerprint density at radius 3 is 2.08 bits per heavy atom. The van der Waals surface area contributed by atoms with Gasteiger partial charge in [-0.2, -0.15) is 0 Å². The molecule has 5 heteroatoms. The molecule has 134 valence electrons. The monoisotopic (exact) mass is 351 g/mol. The summed E-state index contributed by atoms with van der Waals surface area (Å²) in [6.45, 7) is 4.46. The first-order valence-electron chi connectivity index (χ1n) is 8.68. The molecule has 0 aliphatic carbocycles. The normalized spacial score (nSPS) is 13.1. The van der Waals surface area contributed by atoms with Crippen LogP contribution in [0.15, 0.2) is 42.5 Å². The predicted molar refractivity (Wildman–Crippen MR) is 97.2 cm³/mol. The summed E-state index contributed by atoms with van der Waals surface area (Å²) < 4.78 is 5.29. The Bertz CT molecular complexity index is 817. The minimum atomic E-state index is -0.350. The summed E-state index contributed by atoms with van der Waals surface area (Å²) in [5.41, 5.74) is 3.49. The van der Waals surface area contributed by atoms with E-state index in [1.54, 1.807) is 36.4 Å². The molecule has 0 fully saturated rings. The highest BCUT2D eigenvalue weighted by atomic mass is 16.5. The van der Waals surface area contributed by atoms with Gasteiger partial charge in [0.1, 0.15) is 0 Å². The first kappa shape index (κ1) is 17.9. The van der Waals surface area contributed by atoms with Crippen molar-refractivity contribution < 1.29 is 19.1 Å².